The number of aryl methyl sites for hydroxylation is 2. The van der Waals surface area contributed by atoms with Crippen LogP contribution in [0.1, 0.15) is 11.4 Å². The Morgan fingerprint density at radius 3 is 2.40 bits per heavy atom. The first kappa shape index (κ1) is 9.65. The van der Waals surface area contributed by atoms with Gasteiger partial charge in [0.2, 0.25) is 0 Å². The molecule has 1 aromatic carbocycles. The smallest absolute Gasteiger partial charge is 0.128 e. The lowest BCUT2D eigenvalue weighted by atomic mass is 10.1. The molecule has 0 spiro atoms. The summed E-state index contributed by atoms with van der Waals surface area (Å²) in [6, 6.07) is 9.72. The molecule has 0 saturated heterocycles. The van der Waals surface area contributed by atoms with Crippen molar-refractivity contribution >= 4 is 5.69 Å². The van der Waals surface area contributed by atoms with Crippen molar-refractivity contribution in [2.24, 2.45) is 0 Å². The maximum atomic E-state index is 5.84. The molecule has 0 aliphatic rings. The fraction of sp³-hybridized carbons (Fsp3) is 0.167. The van der Waals surface area contributed by atoms with E-state index in [1.165, 1.54) is 0 Å². The van der Waals surface area contributed by atoms with Gasteiger partial charge in [0.1, 0.15) is 5.82 Å². The highest BCUT2D eigenvalue weighted by Gasteiger charge is 1.99. The molecule has 0 saturated carbocycles. The van der Waals surface area contributed by atoms with Gasteiger partial charge in [-0.15, -0.1) is 0 Å². The van der Waals surface area contributed by atoms with Gasteiger partial charge in [-0.2, -0.15) is 0 Å². The van der Waals surface area contributed by atoms with Gasteiger partial charge in [0.05, 0.1) is 0 Å². The van der Waals surface area contributed by atoms with Gasteiger partial charge in [-0.1, -0.05) is 18.2 Å². The first-order valence-corrected chi connectivity index (χ1v) is 4.95. The summed E-state index contributed by atoms with van der Waals surface area (Å²) in [5.74, 6) is 0.862. The molecule has 0 aliphatic carbocycles. The van der Waals surface area contributed by atoms with Crippen LogP contribution in [0.15, 0.2) is 42.7 Å². The number of benzene rings is 1. The summed E-state index contributed by atoms with van der Waals surface area (Å²) in [5, 5.41) is 0. The van der Waals surface area contributed by atoms with E-state index in [-0.39, 0.29) is 0 Å². The van der Waals surface area contributed by atoms with Crippen LogP contribution in [0.2, 0.25) is 0 Å². The average Bonchev–Trinajstić information content (AvgIpc) is 2.29. The van der Waals surface area contributed by atoms with Crippen molar-refractivity contribution in [2.45, 2.75) is 12.8 Å². The fourth-order valence-electron chi connectivity index (χ4n) is 1.47. The summed E-state index contributed by atoms with van der Waals surface area (Å²) in [4.78, 5) is 8.34. The van der Waals surface area contributed by atoms with E-state index in [1.807, 2.05) is 30.3 Å². The highest BCUT2D eigenvalue weighted by atomic mass is 14.8. The molecule has 2 aromatic rings. The van der Waals surface area contributed by atoms with Crippen LogP contribution in [-0.4, -0.2) is 9.97 Å². The zero-order valence-electron chi connectivity index (χ0n) is 8.43. The first-order chi connectivity index (χ1) is 7.36. The Hall–Kier alpha value is -1.90. The van der Waals surface area contributed by atoms with E-state index < -0.39 is 0 Å². The van der Waals surface area contributed by atoms with Gasteiger partial charge >= 0.3 is 0 Å². The maximum Gasteiger partial charge on any atom is 0.128 e. The van der Waals surface area contributed by atoms with Crippen LogP contribution >= 0.6 is 0 Å². The number of nitrogens with two attached hydrogens (primary N) is 1. The zero-order valence-corrected chi connectivity index (χ0v) is 8.43. The molecule has 0 fully saturated rings. The molecule has 15 heavy (non-hydrogen) atoms. The summed E-state index contributed by atoms with van der Waals surface area (Å²) in [5.41, 5.74) is 7.84. The van der Waals surface area contributed by atoms with Gasteiger partial charge in [0.15, 0.2) is 0 Å². The zero-order chi connectivity index (χ0) is 10.5. The molecular formula is C12H13N3. The Morgan fingerprint density at radius 1 is 0.933 bits per heavy atom. The molecule has 0 bridgehead atoms. The number of hydrogen-bond donors (Lipinski definition) is 1. The number of anilines is 1. The molecule has 2 N–H and O–H groups in total. The van der Waals surface area contributed by atoms with E-state index in [2.05, 4.69) is 9.97 Å². The molecule has 0 atom stereocenters. The van der Waals surface area contributed by atoms with Gasteiger partial charge in [0.25, 0.3) is 0 Å². The molecule has 3 nitrogen and oxygen atoms in total. The number of rotatable bonds is 3. The Morgan fingerprint density at radius 2 is 1.67 bits per heavy atom. The van der Waals surface area contributed by atoms with Crippen molar-refractivity contribution in [2.75, 3.05) is 5.73 Å². The second-order valence-electron chi connectivity index (χ2n) is 3.36. The van der Waals surface area contributed by atoms with Gasteiger partial charge in [-0.3, -0.25) is 0 Å². The van der Waals surface area contributed by atoms with E-state index in [0.717, 1.165) is 29.9 Å². The van der Waals surface area contributed by atoms with Crippen LogP contribution < -0.4 is 5.73 Å². The minimum Gasteiger partial charge on any atom is -0.399 e. The lowest BCUT2D eigenvalue weighted by Gasteiger charge is -2.03. The van der Waals surface area contributed by atoms with E-state index in [0.29, 0.717) is 0 Å². The fourth-order valence-corrected chi connectivity index (χ4v) is 1.47. The van der Waals surface area contributed by atoms with Crippen molar-refractivity contribution < 1.29 is 0 Å². The molecule has 0 unspecified atom stereocenters. The molecule has 2 rings (SSSR count). The third-order valence-electron chi connectivity index (χ3n) is 2.29. The topological polar surface area (TPSA) is 51.8 Å². The maximum absolute atomic E-state index is 5.84. The van der Waals surface area contributed by atoms with E-state index in [4.69, 9.17) is 5.73 Å². The molecule has 0 amide bonds. The van der Waals surface area contributed by atoms with Crippen molar-refractivity contribution in [3.63, 3.8) is 0 Å². The third kappa shape index (κ3) is 2.53. The SMILES string of the molecule is Nc1ccccc1CCc1ncccn1. The molecule has 1 aromatic heterocycles. The van der Waals surface area contributed by atoms with Gasteiger partial charge in [-0.05, 0) is 24.1 Å². The highest BCUT2D eigenvalue weighted by molar-refractivity contribution is 5.46. The van der Waals surface area contributed by atoms with E-state index >= 15 is 0 Å². The van der Waals surface area contributed by atoms with Crippen LogP contribution in [0.3, 0.4) is 0 Å². The molecule has 3 heteroatoms. The minimum absolute atomic E-state index is 0.828. The number of nitrogen functional groups attached to an aromatic ring is 1. The summed E-state index contributed by atoms with van der Waals surface area (Å²) >= 11 is 0. The molecule has 1 heterocycles. The summed E-state index contributed by atoms with van der Waals surface area (Å²) in [6.45, 7) is 0. The van der Waals surface area contributed by atoms with Crippen LogP contribution in [0.25, 0.3) is 0 Å². The summed E-state index contributed by atoms with van der Waals surface area (Å²) in [7, 11) is 0. The van der Waals surface area contributed by atoms with Crippen molar-refractivity contribution in [1.29, 1.82) is 0 Å². The largest absolute Gasteiger partial charge is 0.399 e. The predicted octanol–water partition coefficient (Wildman–Crippen LogP) is 1.84. The van der Waals surface area contributed by atoms with E-state index in [9.17, 15) is 0 Å². The Labute approximate surface area is 89.0 Å². The lowest BCUT2D eigenvalue weighted by molar-refractivity contribution is 0.859. The average molecular weight is 199 g/mol. The Bertz CT molecular complexity index is 426. The van der Waals surface area contributed by atoms with Crippen molar-refractivity contribution in [3.05, 3.63) is 54.1 Å². The predicted molar refractivity (Wildman–Crippen MR) is 60.3 cm³/mol. The second kappa shape index (κ2) is 4.55. The summed E-state index contributed by atoms with van der Waals surface area (Å²) in [6.07, 6.45) is 5.24. The number of hydrogen-bond acceptors (Lipinski definition) is 3. The van der Waals surface area contributed by atoms with Gasteiger partial charge < -0.3 is 5.73 Å². The van der Waals surface area contributed by atoms with Crippen molar-refractivity contribution in [1.82, 2.24) is 9.97 Å². The molecular weight excluding hydrogens is 186 g/mol. The molecule has 0 radical (unpaired) electrons. The second-order valence-corrected chi connectivity index (χ2v) is 3.36. The lowest BCUT2D eigenvalue weighted by Crippen LogP contribution is -1.99. The van der Waals surface area contributed by atoms with E-state index in [1.54, 1.807) is 12.4 Å². The first-order valence-electron chi connectivity index (χ1n) is 4.95. The number of aromatic nitrogens is 2. The van der Waals surface area contributed by atoms with Crippen LogP contribution in [0, 0.1) is 0 Å². The Balaban J connectivity index is 2.03. The number of para-hydroxylation sites is 1. The quantitative estimate of drug-likeness (QED) is 0.767. The summed E-state index contributed by atoms with van der Waals surface area (Å²) < 4.78 is 0. The molecule has 0 aliphatic heterocycles. The minimum atomic E-state index is 0.828. The number of nitrogens with zero attached hydrogens (tertiary/aromatic N) is 2. The van der Waals surface area contributed by atoms with Gasteiger partial charge in [-0.25, -0.2) is 9.97 Å². The standard InChI is InChI=1S/C12H13N3/c13-11-5-2-1-4-10(11)6-7-12-14-8-3-9-15-12/h1-5,8-9H,6-7,13H2. The monoisotopic (exact) mass is 199 g/mol. The van der Waals surface area contributed by atoms with Crippen LogP contribution in [0.4, 0.5) is 5.69 Å². The van der Waals surface area contributed by atoms with Crippen molar-refractivity contribution in [3.8, 4) is 0 Å². The normalized spacial score (nSPS) is 10.1. The van der Waals surface area contributed by atoms with Crippen LogP contribution in [-0.2, 0) is 12.8 Å². The third-order valence-corrected chi connectivity index (χ3v) is 2.29. The van der Waals surface area contributed by atoms with Gasteiger partial charge in [0, 0.05) is 24.5 Å². The highest BCUT2D eigenvalue weighted by Crippen LogP contribution is 2.12. The Kier molecular flexibility index (Phi) is 2.93. The molecule has 76 valence electrons. The van der Waals surface area contributed by atoms with Crippen LogP contribution in [0.5, 0.6) is 0 Å².